The summed E-state index contributed by atoms with van der Waals surface area (Å²) in [4.78, 5) is 5.13. The van der Waals surface area contributed by atoms with Crippen molar-refractivity contribution < 1.29 is 0 Å². The van der Waals surface area contributed by atoms with Gasteiger partial charge in [-0.15, -0.1) is 10.2 Å². The minimum Gasteiger partial charge on any atom is -0.314 e. The predicted molar refractivity (Wildman–Crippen MR) is 109 cm³/mol. The van der Waals surface area contributed by atoms with Crippen LogP contribution < -0.4 is 0 Å². The van der Waals surface area contributed by atoms with Gasteiger partial charge in [-0.25, -0.2) is 0 Å². The number of nitrogens with zero attached hydrogens (tertiary/aromatic N) is 5. The lowest BCUT2D eigenvalue weighted by Crippen LogP contribution is -2.35. The summed E-state index contributed by atoms with van der Waals surface area (Å²) < 4.78 is 2.39. The van der Waals surface area contributed by atoms with Crippen molar-refractivity contribution in [1.29, 1.82) is 0 Å². The molecule has 2 aromatic rings. The van der Waals surface area contributed by atoms with Crippen LogP contribution in [0.5, 0.6) is 0 Å². The van der Waals surface area contributed by atoms with Crippen molar-refractivity contribution >= 4 is 0 Å². The molecule has 146 valence electrons. The van der Waals surface area contributed by atoms with E-state index in [1.54, 1.807) is 0 Å². The average molecular weight is 368 g/mol. The average Bonchev–Trinajstić information content (AvgIpc) is 3.38. The van der Waals surface area contributed by atoms with Crippen molar-refractivity contribution in [1.82, 2.24) is 24.6 Å². The number of hydrogen-bond acceptors (Lipinski definition) is 4. The Labute approximate surface area is 163 Å². The van der Waals surface area contributed by atoms with E-state index < -0.39 is 0 Å². The molecule has 0 atom stereocenters. The van der Waals surface area contributed by atoms with E-state index in [9.17, 15) is 0 Å². The van der Waals surface area contributed by atoms with Gasteiger partial charge in [0.15, 0.2) is 0 Å². The van der Waals surface area contributed by atoms with Crippen LogP contribution in [0.15, 0.2) is 30.3 Å². The molecule has 2 aliphatic heterocycles. The number of aromatic nitrogens is 3. The first-order chi connectivity index (χ1) is 13.3. The molecule has 1 aromatic carbocycles. The van der Waals surface area contributed by atoms with Crippen LogP contribution in [0.25, 0.3) is 0 Å². The third-order valence-corrected chi connectivity index (χ3v) is 6.25. The highest BCUT2D eigenvalue weighted by Crippen LogP contribution is 2.28. The van der Waals surface area contributed by atoms with E-state index in [0.717, 1.165) is 26.1 Å². The van der Waals surface area contributed by atoms with E-state index in [4.69, 9.17) is 0 Å². The van der Waals surface area contributed by atoms with Gasteiger partial charge in [0, 0.05) is 19.0 Å². The van der Waals surface area contributed by atoms with Crippen LogP contribution >= 0.6 is 0 Å². The smallest absolute Gasteiger partial charge is 0.147 e. The molecule has 5 heteroatoms. The van der Waals surface area contributed by atoms with Crippen molar-refractivity contribution in [3.05, 3.63) is 47.5 Å². The second kappa shape index (κ2) is 8.98. The van der Waals surface area contributed by atoms with Crippen molar-refractivity contribution in [3.8, 4) is 0 Å². The van der Waals surface area contributed by atoms with Crippen LogP contribution in [0.2, 0.25) is 0 Å². The van der Waals surface area contributed by atoms with Crippen molar-refractivity contribution in [2.75, 3.05) is 32.7 Å². The fourth-order valence-electron chi connectivity index (χ4n) is 4.60. The number of hydrogen-bond donors (Lipinski definition) is 0. The van der Waals surface area contributed by atoms with Gasteiger partial charge in [0.1, 0.15) is 11.6 Å². The second-order valence-electron chi connectivity index (χ2n) is 8.05. The maximum Gasteiger partial charge on any atom is 0.147 e. The maximum absolute atomic E-state index is 4.64. The van der Waals surface area contributed by atoms with Gasteiger partial charge in [-0.2, -0.15) is 0 Å². The van der Waals surface area contributed by atoms with Crippen molar-refractivity contribution in [2.45, 2.75) is 58.0 Å². The lowest BCUT2D eigenvalue weighted by Gasteiger charge is -2.31. The summed E-state index contributed by atoms with van der Waals surface area (Å²) in [7, 11) is 0. The van der Waals surface area contributed by atoms with Crippen LogP contribution in [0.3, 0.4) is 0 Å². The Morgan fingerprint density at radius 1 is 0.926 bits per heavy atom. The van der Waals surface area contributed by atoms with Gasteiger partial charge in [0.05, 0.1) is 6.54 Å². The Kier molecular flexibility index (Phi) is 6.20. The molecule has 0 N–H and O–H groups in total. The highest BCUT2D eigenvalue weighted by Gasteiger charge is 2.26. The standard InChI is InChI=1S/C22H33N5/c1-2-27-21(18-26-13-6-7-14-26)23-24-22(27)20-11-16-25(17-12-20)15-10-19-8-4-3-5-9-19/h3-5,8-9,20H,2,6-7,10-18H2,1H3. The van der Waals surface area contributed by atoms with Crippen molar-refractivity contribution in [3.63, 3.8) is 0 Å². The largest absolute Gasteiger partial charge is 0.314 e. The first-order valence-corrected chi connectivity index (χ1v) is 10.7. The van der Waals surface area contributed by atoms with Crippen LogP contribution in [0, 0.1) is 0 Å². The van der Waals surface area contributed by atoms with E-state index in [0.29, 0.717) is 5.92 Å². The van der Waals surface area contributed by atoms with E-state index in [1.165, 1.54) is 69.1 Å². The topological polar surface area (TPSA) is 37.2 Å². The highest BCUT2D eigenvalue weighted by atomic mass is 15.3. The van der Waals surface area contributed by atoms with Gasteiger partial charge < -0.3 is 9.47 Å². The molecule has 27 heavy (non-hydrogen) atoms. The fraction of sp³-hybridized carbons (Fsp3) is 0.636. The molecular weight excluding hydrogens is 334 g/mol. The molecule has 2 fully saturated rings. The summed E-state index contributed by atoms with van der Waals surface area (Å²) in [5, 5.41) is 9.22. The van der Waals surface area contributed by atoms with Crippen LogP contribution in [0.4, 0.5) is 0 Å². The Balaban J connectivity index is 1.31. The normalized spacial score (nSPS) is 19.7. The highest BCUT2D eigenvalue weighted by molar-refractivity contribution is 5.15. The van der Waals surface area contributed by atoms with Gasteiger partial charge in [0.2, 0.25) is 0 Å². The summed E-state index contributed by atoms with van der Waals surface area (Å²) in [5.74, 6) is 2.97. The first kappa shape index (κ1) is 18.6. The zero-order chi connectivity index (χ0) is 18.5. The molecule has 0 bridgehead atoms. The zero-order valence-electron chi connectivity index (χ0n) is 16.7. The second-order valence-corrected chi connectivity index (χ2v) is 8.05. The van der Waals surface area contributed by atoms with E-state index in [1.807, 2.05) is 0 Å². The van der Waals surface area contributed by atoms with Gasteiger partial charge >= 0.3 is 0 Å². The Morgan fingerprint density at radius 3 is 2.37 bits per heavy atom. The monoisotopic (exact) mass is 367 g/mol. The van der Waals surface area contributed by atoms with Crippen LogP contribution in [-0.2, 0) is 19.5 Å². The van der Waals surface area contributed by atoms with Gasteiger partial charge in [-0.1, -0.05) is 30.3 Å². The van der Waals surface area contributed by atoms with Gasteiger partial charge in [0.25, 0.3) is 0 Å². The summed E-state index contributed by atoms with van der Waals surface area (Å²) in [6, 6.07) is 10.8. The van der Waals surface area contributed by atoms with Crippen LogP contribution in [0.1, 0.15) is 55.7 Å². The summed E-state index contributed by atoms with van der Waals surface area (Å²) in [5.41, 5.74) is 1.44. The van der Waals surface area contributed by atoms with E-state index in [-0.39, 0.29) is 0 Å². The molecule has 0 saturated carbocycles. The first-order valence-electron chi connectivity index (χ1n) is 10.7. The van der Waals surface area contributed by atoms with E-state index >= 15 is 0 Å². The van der Waals surface area contributed by atoms with Crippen molar-refractivity contribution in [2.24, 2.45) is 0 Å². The molecule has 5 nitrogen and oxygen atoms in total. The number of benzene rings is 1. The molecule has 0 amide bonds. The minimum absolute atomic E-state index is 0.567. The Morgan fingerprint density at radius 2 is 1.67 bits per heavy atom. The molecule has 1 aromatic heterocycles. The Hall–Kier alpha value is -1.72. The summed E-state index contributed by atoms with van der Waals surface area (Å²) in [6.45, 7) is 10.1. The molecular formula is C22H33N5. The lowest BCUT2D eigenvalue weighted by molar-refractivity contribution is 0.209. The molecule has 3 heterocycles. The summed E-state index contributed by atoms with van der Waals surface area (Å²) >= 11 is 0. The molecule has 0 unspecified atom stereocenters. The molecule has 2 aliphatic rings. The number of piperidine rings is 1. The van der Waals surface area contributed by atoms with E-state index in [2.05, 4.69) is 61.8 Å². The minimum atomic E-state index is 0.567. The Bertz CT molecular complexity index is 697. The molecule has 0 radical (unpaired) electrons. The number of rotatable bonds is 7. The SMILES string of the molecule is CCn1c(CN2CCCC2)nnc1C1CCN(CCc2ccccc2)CC1. The molecule has 2 saturated heterocycles. The zero-order valence-corrected chi connectivity index (χ0v) is 16.7. The third kappa shape index (κ3) is 4.58. The molecule has 0 spiro atoms. The van der Waals surface area contributed by atoms with Gasteiger partial charge in [-0.3, -0.25) is 4.90 Å². The quantitative estimate of drug-likeness (QED) is 0.752. The number of likely N-dealkylation sites (tertiary alicyclic amines) is 2. The fourth-order valence-corrected chi connectivity index (χ4v) is 4.60. The maximum atomic E-state index is 4.64. The summed E-state index contributed by atoms with van der Waals surface area (Å²) in [6.07, 6.45) is 6.22. The molecule has 4 rings (SSSR count). The third-order valence-electron chi connectivity index (χ3n) is 6.25. The lowest BCUT2D eigenvalue weighted by atomic mass is 9.95. The molecule has 0 aliphatic carbocycles. The predicted octanol–water partition coefficient (Wildman–Crippen LogP) is 3.32. The van der Waals surface area contributed by atoms with Crippen LogP contribution in [-0.4, -0.2) is 57.3 Å². The van der Waals surface area contributed by atoms with Gasteiger partial charge in [-0.05, 0) is 70.8 Å².